The number of benzene rings is 3. The van der Waals surface area contributed by atoms with Crippen LogP contribution in [-0.4, -0.2) is 72.7 Å². The van der Waals surface area contributed by atoms with E-state index in [0.29, 0.717) is 38.2 Å². The van der Waals surface area contributed by atoms with Crippen LogP contribution in [0, 0.1) is 17.2 Å². The van der Waals surface area contributed by atoms with Crippen LogP contribution < -0.4 is 5.32 Å². The molecule has 0 spiro atoms. The van der Waals surface area contributed by atoms with Crippen LogP contribution in [0.2, 0.25) is 0 Å². The molecule has 59 heavy (non-hydrogen) atoms. The fourth-order valence-electron chi connectivity index (χ4n) is 9.03. The van der Waals surface area contributed by atoms with Gasteiger partial charge < -0.3 is 29.3 Å². The smallest absolute Gasteiger partial charge is 0.410 e. The van der Waals surface area contributed by atoms with Crippen molar-refractivity contribution in [2.24, 2.45) is 5.92 Å². The molecular formula is C46H46N8O5. The highest BCUT2D eigenvalue weighted by atomic mass is 16.6. The van der Waals surface area contributed by atoms with Gasteiger partial charge in [0.25, 0.3) is 0 Å². The fourth-order valence-corrected chi connectivity index (χ4v) is 9.03. The van der Waals surface area contributed by atoms with E-state index in [0.717, 1.165) is 67.9 Å². The lowest BCUT2D eigenvalue weighted by molar-refractivity contribution is -0.121. The molecular weight excluding hydrogens is 745 g/mol. The van der Waals surface area contributed by atoms with Gasteiger partial charge in [-0.1, -0.05) is 48.5 Å². The molecule has 0 bridgehead atoms. The second-order valence-corrected chi connectivity index (χ2v) is 16.9. The Balaban J connectivity index is 0.890. The van der Waals surface area contributed by atoms with Crippen LogP contribution >= 0.6 is 0 Å². The highest BCUT2D eigenvalue weighted by Crippen LogP contribution is 2.41. The molecule has 2 amide bonds. The number of methoxy groups -OCH3 is 1. The molecule has 3 aromatic heterocycles. The number of nitriles is 1. The molecule has 0 saturated carbocycles. The summed E-state index contributed by atoms with van der Waals surface area (Å²) < 4.78 is 12.7. The number of aromatic nitrogens is 5. The first-order valence-corrected chi connectivity index (χ1v) is 20.1. The van der Waals surface area contributed by atoms with Crippen LogP contribution in [0.1, 0.15) is 80.8 Å². The van der Waals surface area contributed by atoms with Crippen molar-refractivity contribution in [3.8, 4) is 39.7 Å². The number of carbonyl (C=O) groups is 3. The van der Waals surface area contributed by atoms with Crippen LogP contribution in [0.25, 0.3) is 44.4 Å². The second kappa shape index (κ2) is 14.9. The van der Waals surface area contributed by atoms with Gasteiger partial charge in [-0.15, -0.1) is 0 Å². The van der Waals surface area contributed by atoms with Gasteiger partial charge in [0, 0.05) is 48.9 Å². The maximum atomic E-state index is 13.8. The standard InChI is InChI=1S/C46H46N8O5/c1-46(2,3)59-45(57)54-24-26(21-47)17-38(54)43-49-23-37(51-43)33-12-11-31-18-30(9-10-32(31)19-33)27-5-7-28(8-6-27)36-22-48-42(50-36)34-20-39(55)40-35(52-44(56)58-4)14-13-29-15-16-53(25-34)41(29)40/h5-12,15-16,18-19,22-23,26,34-35,38,40H,13-14,17,20,24-25H2,1-4H3,(H,48,50)(H,49,51)(H,52,56)/t26-,34+,35+,38+,40?/m1/s1. The highest BCUT2D eigenvalue weighted by molar-refractivity contribution is 5.91. The molecule has 300 valence electrons. The number of ether oxygens (including phenoxy) is 2. The van der Waals surface area contributed by atoms with E-state index in [4.69, 9.17) is 14.5 Å². The topological polar surface area (TPSA) is 171 Å². The molecule has 13 nitrogen and oxygen atoms in total. The Morgan fingerprint density at radius 2 is 1.54 bits per heavy atom. The van der Waals surface area contributed by atoms with E-state index < -0.39 is 23.7 Å². The summed E-state index contributed by atoms with van der Waals surface area (Å²) in [6.45, 7) is 6.42. The molecule has 5 atom stereocenters. The van der Waals surface area contributed by atoms with Gasteiger partial charge in [-0.05, 0) is 91.3 Å². The Hall–Kier alpha value is -6.68. The molecule has 1 aliphatic carbocycles. The molecule has 5 heterocycles. The minimum atomic E-state index is -0.645. The number of hydrogen-bond donors (Lipinski definition) is 3. The molecule has 6 aromatic rings. The lowest BCUT2D eigenvalue weighted by atomic mass is 9.79. The van der Waals surface area contributed by atoms with Crippen molar-refractivity contribution in [2.75, 3.05) is 13.7 Å². The van der Waals surface area contributed by atoms with E-state index >= 15 is 0 Å². The molecule has 1 unspecified atom stereocenters. The van der Waals surface area contributed by atoms with Gasteiger partial charge in [0.05, 0.1) is 54.8 Å². The van der Waals surface area contributed by atoms with Crippen LogP contribution in [0.5, 0.6) is 0 Å². The molecule has 9 rings (SSSR count). The maximum absolute atomic E-state index is 13.8. The minimum Gasteiger partial charge on any atom is -0.453 e. The van der Waals surface area contributed by atoms with Gasteiger partial charge in [0.1, 0.15) is 23.0 Å². The fraction of sp³-hybridized carbons (Fsp3) is 0.348. The maximum Gasteiger partial charge on any atom is 0.410 e. The summed E-state index contributed by atoms with van der Waals surface area (Å²) in [5, 5.41) is 14.7. The number of amides is 2. The normalized spacial score (nSPS) is 21.4. The lowest BCUT2D eigenvalue weighted by Gasteiger charge is -2.31. The molecule has 2 aliphatic heterocycles. The number of fused-ring (bicyclic) bond motifs is 1. The summed E-state index contributed by atoms with van der Waals surface area (Å²) in [5.74, 6) is 0.662. The number of aromatic amines is 2. The number of imidazole rings is 2. The number of hydrogen-bond acceptors (Lipinski definition) is 8. The lowest BCUT2D eigenvalue weighted by Crippen LogP contribution is -2.44. The Bertz CT molecular complexity index is 2630. The van der Waals surface area contributed by atoms with Crippen molar-refractivity contribution in [1.82, 2.24) is 34.7 Å². The van der Waals surface area contributed by atoms with Crippen molar-refractivity contribution in [3.63, 3.8) is 0 Å². The van der Waals surface area contributed by atoms with Crippen LogP contribution in [-0.2, 0) is 27.2 Å². The predicted molar refractivity (Wildman–Crippen MR) is 221 cm³/mol. The van der Waals surface area contributed by atoms with Crippen LogP contribution in [0.3, 0.4) is 0 Å². The number of Topliss-reactive ketones (excluding diaryl/α,β-unsaturated/α-hetero) is 1. The zero-order chi connectivity index (χ0) is 41.0. The van der Waals surface area contributed by atoms with Crippen molar-refractivity contribution in [2.45, 2.75) is 82.5 Å². The van der Waals surface area contributed by atoms with Gasteiger partial charge >= 0.3 is 12.2 Å². The quantitative estimate of drug-likeness (QED) is 0.151. The molecule has 3 N–H and O–H groups in total. The molecule has 1 fully saturated rings. The Labute approximate surface area is 341 Å². The number of rotatable bonds is 6. The first kappa shape index (κ1) is 37.9. The van der Waals surface area contributed by atoms with Gasteiger partial charge in [-0.3, -0.25) is 9.69 Å². The van der Waals surface area contributed by atoms with Gasteiger partial charge in [0.15, 0.2) is 0 Å². The van der Waals surface area contributed by atoms with E-state index in [1.807, 2.05) is 27.0 Å². The van der Waals surface area contributed by atoms with Crippen molar-refractivity contribution in [3.05, 3.63) is 108 Å². The van der Waals surface area contributed by atoms with E-state index in [1.165, 1.54) is 7.11 Å². The Morgan fingerprint density at radius 3 is 2.27 bits per heavy atom. The molecule has 3 aromatic carbocycles. The van der Waals surface area contributed by atoms with Crippen molar-refractivity contribution in [1.29, 1.82) is 5.26 Å². The largest absolute Gasteiger partial charge is 0.453 e. The summed E-state index contributed by atoms with van der Waals surface area (Å²) >= 11 is 0. The number of alkyl carbamates (subject to hydrolysis) is 1. The monoisotopic (exact) mass is 790 g/mol. The average molecular weight is 791 g/mol. The van der Waals surface area contributed by atoms with E-state index in [2.05, 4.69) is 104 Å². The number of nitrogens with one attached hydrogen (secondary N) is 3. The van der Waals surface area contributed by atoms with Crippen LogP contribution in [0.4, 0.5) is 9.59 Å². The van der Waals surface area contributed by atoms with Crippen molar-refractivity contribution >= 4 is 28.7 Å². The number of ketones is 1. The van der Waals surface area contributed by atoms with Gasteiger partial charge in [-0.2, -0.15) is 5.26 Å². The molecule has 3 aliphatic rings. The molecule has 1 saturated heterocycles. The number of aryl methyl sites for hydroxylation is 1. The van der Waals surface area contributed by atoms with E-state index in [9.17, 15) is 19.6 Å². The second-order valence-electron chi connectivity index (χ2n) is 16.9. The Morgan fingerprint density at radius 1 is 0.881 bits per heavy atom. The average Bonchev–Trinajstić information content (AvgIpc) is 4.05. The summed E-state index contributed by atoms with van der Waals surface area (Å²) in [7, 11) is 1.34. The Kier molecular flexibility index (Phi) is 9.58. The first-order chi connectivity index (χ1) is 28.4. The number of nitrogens with zero attached hydrogens (tertiary/aromatic N) is 5. The van der Waals surface area contributed by atoms with Gasteiger partial charge in [-0.25, -0.2) is 19.6 Å². The van der Waals surface area contributed by atoms with E-state index in [1.54, 1.807) is 11.1 Å². The molecule has 0 radical (unpaired) electrons. The van der Waals surface area contributed by atoms with Crippen LogP contribution in [0.15, 0.2) is 85.3 Å². The number of likely N-dealkylation sites (tertiary alicyclic amines) is 1. The molecule has 13 heteroatoms. The zero-order valence-corrected chi connectivity index (χ0v) is 33.5. The SMILES string of the molecule is COC(=O)N[C@H]1CCc2ccn3c2C1C(=O)C[C@H](c1ncc(-c2ccc(-c4ccc5cc(-c6cnc([C@@H]7C[C@H](C#N)CN7C(=O)OC(C)(C)C)[nH]6)ccc5c4)cc2)[nH]1)C3. The number of carbonyl (C=O) groups excluding carboxylic acids is 3. The third-order valence-electron chi connectivity index (χ3n) is 11.9. The summed E-state index contributed by atoms with van der Waals surface area (Å²) in [6, 6.07) is 24.8. The third kappa shape index (κ3) is 7.35. The highest BCUT2D eigenvalue weighted by Gasteiger charge is 2.42. The van der Waals surface area contributed by atoms with Gasteiger partial charge in [0.2, 0.25) is 0 Å². The summed E-state index contributed by atoms with van der Waals surface area (Å²) in [4.78, 5) is 56.9. The summed E-state index contributed by atoms with van der Waals surface area (Å²) in [6.07, 6.45) is 7.01. The summed E-state index contributed by atoms with van der Waals surface area (Å²) in [5.41, 5.74) is 7.36. The minimum absolute atomic E-state index is 0.0993. The predicted octanol–water partition coefficient (Wildman–Crippen LogP) is 8.42. The van der Waals surface area contributed by atoms with Crippen molar-refractivity contribution < 1.29 is 23.9 Å². The first-order valence-electron chi connectivity index (χ1n) is 20.1. The third-order valence-corrected chi connectivity index (χ3v) is 11.9. The number of H-pyrrole nitrogens is 2. The zero-order valence-electron chi connectivity index (χ0n) is 33.5. The van der Waals surface area contributed by atoms with E-state index in [-0.39, 0.29) is 29.7 Å².